The van der Waals surface area contributed by atoms with Crippen LogP contribution in [0.2, 0.25) is 0 Å². The third kappa shape index (κ3) is 11.9. The van der Waals surface area contributed by atoms with Gasteiger partial charge in [-0.05, 0) is 13.8 Å². The summed E-state index contributed by atoms with van der Waals surface area (Å²) in [6.45, 7) is 6.77. The molecule has 0 aromatic rings. The average Bonchev–Trinajstić information content (AvgIpc) is 2.05. The van der Waals surface area contributed by atoms with Crippen LogP contribution in [-0.4, -0.2) is 31.1 Å². The molecule has 4 heteroatoms. The predicted molar refractivity (Wildman–Crippen MR) is 45.5 cm³/mol. The smallest absolute Gasteiger partial charge is 0.332 e. The Bertz CT molecular complexity index is 122. The van der Waals surface area contributed by atoms with Crippen LogP contribution < -0.4 is 0 Å². The lowest BCUT2D eigenvalue weighted by Crippen LogP contribution is -2.14. The predicted octanol–water partition coefficient (Wildman–Crippen LogP) is 0.707. The maximum Gasteiger partial charge on any atom is 0.332 e. The third-order valence-corrected chi connectivity index (χ3v) is 0.781. The lowest BCUT2D eigenvalue weighted by Gasteiger charge is -2.07. The summed E-state index contributed by atoms with van der Waals surface area (Å²) in [5.41, 5.74) is 0. The summed E-state index contributed by atoms with van der Waals surface area (Å²) in [5.74, 6) is -0.468. The molecule has 1 unspecified atom stereocenters. The third-order valence-electron chi connectivity index (χ3n) is 0.781. The molecule has 0 rings (SSSR count). The van der Waals surface area contributed by atoms with Gasteiger partial charge in [-0.3, -0.25) is 0 Å². The van der Waals surface area contributed by atoms with Crippen molar-refractivity contribution in [3.8, 4) is 0 Å². The Morgan fingerprint density at radius 3 is 2.42 bits per heavy atom. The van der Waals surface area contributed by atoms with Gasteiger partial charge in [-0.1, -0.05) is 6.58 Å². The molecular formula is C8H16O4. The monoisotopic (exact) mass is 176 g/mol. The molecule has 12 heavy (non-hydrogen) atoms. The van der Waals surface area contributed by atoms with Gasteiger partial charge in [0, 0.05) is 19.8 Å². The van der Waals surface area contributed by atoms with Gasteiger partial charge < -0.3 is 14.6 Å². The Hall–Kier alpha value is -0.870. The number of aliphatic hydroxyl groups is 1. The van der Waals surface area contributed by atoms with Gasteiger partial charge in [-0.15, -0.1) is 0 Å². The van der Waals surface area contributed by atoms with E-state index < -0.39 is 12.3 Å². The average molecular weight is 176 g/mol. The van der Waals surface area contributed by atoms with E-state index in [4.69, 9.17) is 5.11 Å². The van der Waals surface area contributed by atoms with Gasteiger partial charge in [0.1, 0.15) is 0 Å². The number of carbonyl (C=O) groups excluding carboxylic acids is 1. The Morgan fingerprint density at radius 2 is 2.17 bits per heavy atom. The van der Waals surface area contributed by atoms with E-state index in [1.165, 1.54) is 7.11 Å². The molecule has 0 aromatic heterocycles. The van der Waals surface area contributed by atoms with Crippen molar-refractivity contribution in [2.75, 3.05) is 13.7 Å². The molecule has 1 atom stereocenters. The molecule has 0 aliphatic rings. The molecule has 72 valence electrons. The molecule has 0 aromatic carbocycles. The number of esters is 1. The van der Waals surface area contributed by atoms with E-state index in [0.29, 0.717) is 0 Å². The van der Waals surface area contributed by atoms with Crippen molar-refractivity contribution in [2.45, 2.75) is 20.1 Å². The van der Waals surface area contributed by atoms with E-state index in [-0.39, 0.29) is 6.61 Å². The number of hydrogen-bond donors (Lipinski definition) is 1. The van der Waals surface area contributed by atoms with Gasteiger partial charge in [-0.25, -0.2) is 4.79 Å². The van der Waals surface area contributed by atoms with Crippen LogP contribution in [0.15, 0.2) is 12.7 Å². The Kier molecular flexibility index (Phi) is 11.6. The number of methoxy groups -OCH3 is 1. The molecule has 0 heterocycles. The van der Waals surface area contributed by atoms with E-state index in [1.54, 1.807) is 13.8 Å². The fourth-order valence-electron chi connectivity index (χ4n) is 0.260. The molecule has 0 amide bonds. The maximum atomic E-state index is 10.4. The van der Waals surface area contributed by atoms with Gasteiger partial charge in [0.2, 0.25) is 0 Å². The Balaban J connectivity index is 0. The summed E-state index contributed by atoms with van der Waals surface area (Å²) >= 11 is 0. The molecule has 0 fully saturated rings. The molecule has 0 bridgehead atoms. The first-order valence-electron chi connectivity index (χ1n) is 3.59. The first kappa shape index (κ1) is 13.7. The number of ether oxygens (including phenoxy) is 2. The van der Waals surface area contributed by atoms with Gasteiger partial charge in [0.05, 0.1) is 0 Å². The van der Waals surface area contributed by atoms with Crippen LogP contribution in [0, 0.1) is 0 Å². The molecular weight excluding hydrogens is 160 g/mol. The number of aliphatic hydroxyl groups excluding tert-OH is 1. The fraction of sp³-hybridized carbons (Fsp3) is 0.625. The van der Waals surface area contributed by atoms with Crippen molar-refractivity contribution in [1.29, 1.82) is 0 Å². The van der Waals surface area contributed by atoms with Gasteiger partial charge in [-0.2, -0.15) is 0 Å². The maximum absolute atomic E-state index is 10.4. The molecule has 0 aliphatic heterocycles. The summed E-state index contributed by atoms with van der Waals surface area (Å²) in [5, 5.41) is 7.57. The standard InChI is InChI=1S/C6H10O3.C2H6O/c1-4-6(7)9-5(2)8-3;1-2-3/h4-5H,1H2,2-3H3;3H,2H2,1H3. The zero-order valence-corrected chi connectivity index (χ0v) is 7.74. The minimum absolute atomic E-state index is 0.250. The highest BCUT2D eigenvalue weighted by Gasteiger charge is 2.01. The van der Waals surface area contributed by atoms with Crippen molar-refractivity contribution >= 4 is 5.97 Å². The minimum Gasteiger partial charge on any atom is -0.433 e. The summed E-state index contributed by atoms with van der Waals surface area (Å²) in [6, 6.07) is 0. The summed E-state index contributed by atoms with van der Waals surface area (Å²) < 4.78 is 9.20. The lowest BCUT2D eigenvalue weighted by molar-refractivity contribution is -0.163. The zero-order chi connectivity index (χ0) is 9.98. The van der Waals surface area contributed by atoms with Crippen molar-refractivity contribution < 1.29 is 19.4 Å². The summed E-state index contributed by atoms with van der Waals surface area (Å²) in [7, 11) is 1.46. The van der Waals surface area contributed by atoms with Gasteiger partial charge in [0.25, 0.3) is 0 Å². The van der Waals surface area contributed by atoms with E-state index in [2.05, 4.69) is 16.1 Å². The SMILES string of the molecule is C=CC(=O)OC(C)OC.CCO. The van der Waals surface area contributed by atoms with Crippen molar-refractivity contribution in [3.05, 3.63) is 12.7 Å². The second-order valence-corrected chi connectivity index (χ2v) is 1.76. The van der Waals surface area contributed by atoms with Crippen LogP contribution in [0.5, 0.6) is 0 Å². The zero-order valence-electron chi connectivity index (χ0n) is 7.74. The van der Waals surface area contributed by atoms with Crippen LogP contribution in [0.3, 0.4) is 0 Å². The van der Waals surface area contributed by atoms with E-state index in [9.17, 15) is 4.79 Å². The highest BCUT2D eigenvalue weighted by molar-refractivity contribution is 5.81. The van der Waals surface area contributed by atoms with Crippen LogP contribution in [0.4, 0.5) is 0 Å². The summed E-state index contributed by atoms with van der Waals surface area (Å²) in [4.78, 5) is 10.4. The summed E-state index contributed by atoms with van der Waals surface area (Å²) in [6.07, 6.45) is 0.602. The Labute approximate surface area is 72.8 Å². The number of hydrogen-bond acceptors (Lipinski definition) is 4. The van der Waals surface area contributed by atoms with Crippen molar-refractivity contribution in [1.82, 2.24) is 0 Å². The number of carbonyl (C=O) groups is 1. The topological polar surface area (TPSA) is 55.8 Å². The molecule has 0 aliphatic carbocycles. The van der Waals surface area contributed by atoms with Crippen molar-refractivity contribution in [2.24, 2.45) is 0 Å². The van der Waals surface area contributed by atoms with Crippen LogP contribution in [0.25, 0.3) is 0 Å². The fourth-order valence-corrected chi connectivity index (χ4v) is 0.260. The molecule has 0 saturated carbocycles. The van der Waals surface area contributed by atoms with Gasteiger partial charge in [0.15, 0.2) is 6.29 Å². The van der Waals surface area contributed by atoms with E-state index >= 15 is 0 Å². The van der Waals surface area contributed by atoms with Gasteiger partial charge >= 0.3 is 5.97 Å². The first-order valence-corrected chi connectivity index (χ1v) is 3.59. The lowest BCUT2D eigenvalue weighted by atomic mass is 10.6. The molecule has 0 radical (unpaired) electrons. The van der Waals surface area contributed by atoms with E-state index in [0.717, 1.165) is 6.08 Å². The minimum atomic E-state index is -0.490. The quantitative estimate of drug-likeness (QED) is 0.391. The first-order chi connectivity index (χ1) is 5.62. The normalized spacial score (nSPS) is 10.7. The van der Waals surface area contributed by atoms with Crippen molar-refractivity contribution in [3.63, 3.8) is 0 Å². The number of rotatable bonds is 3. The second-order valence-electron chi connectivity index (χ2n) is 1.76. The molecule has 0 saturated heterocycles. The highest BCUT2D eigenvalue weighted by Crippen LogP contribution is 1.90. The van der Waals surface area contributed by atoms with Crippen LogP contribution >= 0.6 is 0 Å². The second kappa shape index (κ2) is 10.1. The molecule has 4 nitrogen and oxygen atoms in total. The largest absolute Gasteiger partial charge is 0.433 e. The van der Waals surface area contributed by atoms with E-state index in [1.807, 2.05) is 0 Å². The molecule has 1 N–H and O–H groups in total. The molecule has 0 spiro atoms. The highest BCUT2D eigenvalue weighted by atomic mass is 16.7. The van der Waals surface area contributed by atoms with Crippen LogP contribution in [-0.2, 0) is 14.3 Å². The van der Waals surface area contributed by atoms with Crippen LogP contribution in [0.1, 0.15) is 13.8 Å². The Morgan fingerprint density at radius 1 is 1.75 bits per heavy atom.